The Balaban J connectivity index is 1.80. The van der Waals surface area contributed by atoms with Gasteiger partial charge in [0.1, 0.15) is 5.60 Å². The van der Waals surface area contributed by atoms with Crippen LogP contribution in [0.25, 0.3) is 0 Å². The summed E-state index contributed by atoms with van der Waals surface area (Å²) in [4.78, 5) is 12.2. The maximum atomic E-state index is 12.2. The van der Waals surface area contributed by atoms with Crippen LogP contribution in [0, 0.1) is 5.92 Å². The second kappa shape index (κ2) is 6.29. The summed E-state index contributed by atoms with van der Waals surface area (Å²) in [6.45, 7) is 2.24. The van der Waals surface area contributed by atoms with Crippen molar-refractivity contribution >= 4 is 17.7 Å². The van der Waals surface area contributed by atoms with Crippen molar-refractivity contribution in [3.63, 3.8) is 0 Å². The Labute approximate surface area is 114 Å². The first kappa shape index (κ1) is 14.2. The van der Waals surface area contributed by atoms with Crippen LogP contribution >= 0.6 is 11.8 Å². The van der Waals surface area contributed by atoms with E-state index in [0.29, 0.717) is 18.9 Å². The largest absolute Gasteiger partial charge is 0.380 e. The number of nitrogens with one attached hydrogen (secondary N) is 1. The van der Waals surface area contributed by atoms with Gasteiger partial charge < -0.3 is 10.4 Å². The fourth-order valence-corrected chi connectivity index (χ4v) is 4.14. The molecule has 1 aliphatic carbocycles. The fraction of sp³-hybridized carbons (Fsp3) is 0.929. The third-order valence-corrected chi connectivity index (χ3v) is 5.49. The van der Waals surface area contributed by atoms with Gasteiger partial charge in [-0.05, 0) is 55.9 Å². The van der Waals surface area contributed by atoms with Crippen LogP contribution in [0.4, 0.5) is 0 Å². The van der Waals surface area contributed by atoms with Gasteiger partial charge in [-0.25, -0.2) is 0 Å². The van der Waals surface area contributed by atoms with Gasteiger partial charge in [0.2, 0.25) is 0 Å². The molecular formula is C14H25NO2S. The van der Waals surface area contributed by atoms with Gasteiger partial charge in [0.25, 0.3) is 5.91 Å². The number of rotatable bonds is 3. The summed E-state index contributed by atoms with van der Waals surface area (Å²) >= 11 is 1.82. The second-order valence-electron chi connectivity index (χ2n) is 5.74. The maximum Gasteiger partial charge on any atom is 0.252 e. The minimum Gasteiger partial charge on any atom is -0.380 e. The molecule has 0 aromatic carbocycles. The topological polar surface area (TPSA) is 49.3 Å². The van der Waals surface area contributed by atoms with Crippen molar-refractivity contribution < 1.29 is 9.90 Å². The molecule has 1 heterocycles. The van der Waals surface area contributed by atoms with E-state index in [1.165, 1.54) is 19.3 Å². The number of hydrogen-bond donors (Lipinski definition) is 2. The zero-order chi connectivity index (χ0) is 13.0. The molecule has 1 saturated carbocycles. The number of amides is 1. The molecule has 0 atom stereocenters. The molecule has 1 saturated heterocycles. The van der Waals surface area contributed by atoms with Crippen molar-refractivity contribution in [1.82, 2.24) is 5.32 Å². The molecule has 2 N–H and O–H groups in total. The van der Waals surface area contributed by atoms with Crippen molar-refractivity contribution in [3.8, 4) is 0 Å². The Bertz CT molecular complexity index is 282. The number of aliphatic hydroxyl groups is 1. The summed E-state index contributed by atoms with van der Waals surface area (Å²) in [5, 5.41) is 13.4. The lowest BCUT2D eigenvalue weighted by atomic mass is 9.84. The van der Waals surface area contributed by atoms with Crippen molar-refractivity contribution in [2.45, 2.75) is 63.5 Å². The SMILES string of the molecule is CCC1CCC(NC(=O)C2(O)CCSCC2)CC1. The quantitative estimate of drug-likeness (QED) is 0.828. The highest BCUT2D eigenvalue weighted by Gasteiger charge is 2.38. The van der Waals surface area contributed by atoms with Crippen molar-refractivity contribution in [1.29, 1.82) is 0 Å². The van der Waals surface area contributed by atoms with Gasteiger partial charge in [0.15, 0.2) is 0 Å². The second-order valence-corrected chi connectivity index (χ2v) is 6.97. The highest BCUT2D eigenvalue weighted by atomic mass is 32.2. The van der Waals surface area contributed by atoms with Crippen LogP contribution < -0.4 is 5.32 Å². The number of carbonyl (C=O) groups excluding carboxylic acids is 1. The Kier molecular flexibility index (Phi) is 4.96. The van der Waals surface area contributed by atoms with Crippen LogP contribution in [0.3, 0.4) is 0 Å². The van der Waals surface area contributed by atoms with E-state index < -0.39 is 5.60 Å². The van der Waals surface area contributed by atoms with E-state index in [0.717, 1.165) is 30.3 Å². The fourth-order valence-electron chi connectivity index (χ4n) is 2.97. The molecule has 0 radical (unpaired) electrons. The molecule has 1 amide bonds. The van der Waals surface area contributed by atoms with Crippen LogP contribution in [0.15, 0.2) is 0 Å². The minimum absolute atomic E-state index is 0.122. The maximum absolute atomic E-state index is 12.2. The molecule has 4 heteroatoms. The summed E-state index contributed by atoms with van der Waals surface area (Å²) < 4.78 is 0. The van der Waals surface area contributed by atoms with Gasteiger partial charge >= 0.3 is 0 Å². The van der Waals surface area contributed by atoms with Gasteiger partial charge in [-0.15, -0.1) is 0 Å². The Morgan fingerprint density at radius 2 is 1.89 bits per heavy atom. The molecule has 0 aromatic heterocycles. The first-order valence-electron chi connectivity index (χ1n) is 7.25. The van der Waals surface area contributed by atoms with Gasteiger partial charge in [-0.3, -0.25) is 4.79 Å². The molecular weight excluding hydrogens is 246 g/mol. The summed E-state index contributed by atoms with van der Waals surface area (Å²) in [6.07, 6.45) is 7.05. The lowest BCUT2D eigenvalue weighted by molar-refractivity contribution is -0.141. The summed E-state index contributed by atoms with van der Waals surface area (Å²) in [5.41, 5.74) is -1.09. The molecule has 0 bridgehead atoms. The predicted molar refractivity (Wildman–Crippen MR) is 75.7 cm³/mol. The van der Waals surface area contributed by atoms with Gasteiger partial charge in [-0.2, -0.15) is 11.8 Å². The van der Waals surface area contributed by atoms with E-state index in [4.69, 9.17) is 0 Å². The predicted octanol–water partition coefficient (Wildman–Crippen LogP) is 2.33. The van der Waals surface area contributed by atoms with Gasteiger partial charge in [-0.1, -0.05) is 13.3 Å². The van der Waals surface area contributed by atoms with Crippen LogP contribution in [-0.2, 0) is 4.79 Å². The molecule has 0 spiro atoms. The average molecular weight is 271 g/mol. The zero-order valence-corrected chi connectivity index (χ0v) is 12.1. The molecule has 0 aromatic rings. The minimum atomic E-state index is -1.09. The van der Waals surface area contributed by atoms with Crippen molar-refractivity contribution in [3.05, 3.63) is 0 Å². The number of thioether (sulfide) groups is 1. The van der Waals surface area contributed by atoms with Crippen molar-refractivity contribution in [2.24, 2.45) is 5.92 Å². The van der Waals surface area contributed by atoms with E-state index in [-0.39, 0.29) is 5.91 Å². The average Bonchev–Trinajstić information content (AvgIpc) is 2.40. The van der Waals surface area contributed by atoms with Gasteiger partial charge in [0, 0.05) is 6.04 Å². The van der Waals surface area contributed by atoms with Crippen molar-refractivity contribution in [2.75, 3.05) is 11.5 Å². The summed E-state index contributed by atoms with van der Waals surface area (Å²) in [7, 11) is 0. The van der Waals surface area contributed by atoms with Crippen LogP contribution in [0.2, 0.25) is 0 Å². The summed E-state index contributed by atoms with van der Waals surface area (Å²) in [5.74, 6) is 2.51. The monoisotopic (exact) mass is 271 g/mol. The van der Waals surface area contributed by atoms with E-state index in [9.17, 15) is 9.90 Å². The Morgan fingerprint density at radius 1 is 1.28 bits per heavy atom. The van der Waals surface area contributed by atoms with Crippen LogP contribution in [0.1, 0.15) is 51.9 Å². The first-order valence-corrected chi connectivity index (χ1v) is 8.40. The smallest absolute Gasteiger partial charge is 0.252 e. The highest BCUT2D eigenvalue weighted by Crippen LogP contribution is 2.29. The molecule has 1 aliphatic heterocycles. The molecule has 18 heavy (non-hydrogen) atoms. The lowest BCUT2D eigenvalue weighted by Gasteiger charge is -2.34. The number of carbonyl (C=O) groups is 1. The lowest BCUT2D eigenvalue weighted by Crippen LogP contribution is -2.52. The molecule has 2 fully saturated rings. The molecule has 2 aliphatic rings. The molecule has 104 valence electrons. The molecule has 3 nitrogen and oxygen atoms in total. The normalized spacial score (nSPS) is 31.9. The Hall–Kier alpha value is -0.220. The molecule has 0 unspecified atom stereocenters. The van der Waals surface area contributed by atoms with E-state index in [1.54, 1.807) is 0 Å². The standard InChI is InChI=1S/C14H25NO2S/c1-2-11-3-5-12(6-4-11)15-13(16)14(17)7-9-18-10-8-14/h11-12,17H,2-10H2,1H3,(H,15,16). The third kappa shape index (κ3) is 3.41. The van der Waals surface area contributed by atoms with E-state index in [2.05, 4.69) is 12.2 Å². The van der Waals surface area contributed by atoms with Gasteiger partial charge in [0.05, 0.1) is 0 Å². The molecule has 2 rings (SSSR count). The Morgan fingerprint density at radius 3 is 2.44 bits per heavy atom. The first-order chi connectivity index (χ1) is 8.64. The zero-order valence-electron chi connectivity index (χ0n) is 11.3. The van der Waals surface area contributed by atoms with E-state index in [1.807, 2.05) is 11.8 Å². The van der Waals surface area contributed by atoms with Crippen LogP contribution in [0.5, 0.6) is 0 Å². The third-order valence-electron chi connectivity index (χ3n) is 4.50. The van der Waals surface area contributed by atoms with Crippen LogP contribution in [-0.4, -0.2) is 34.2 Å². The van der Waals surface area contributed by atoms with E-state index >= 15 is 0 Å². The highest BCUT2D eigenvalue weighted by molar-refractivity contribution is 7.99. The summed E-state index contributed by atoms with van der Waals surface area (Å²) in [6, 6.07) is 0.291. The number of hydrogen-bond acceptors (Lipinski definition) is 3.